The minimum atomic E-state index is -0.548. The highest BCUT2D eigenvalue weighted by Gasteiger charge is 2.37. The molecule has 0 aromatic heterocycles. The van der Waals surface area contributed by atoms with E-state index >= 15 is 0 Å². The molecule has 3 amide bonds. The lowest BCUT2D eigenvalue weighted by Gasteiger charge is -2.28. The molecule has 0 bridgehead atoms. The van der Waals surface area contributed by atoms with Crippen LogP contribution in [0.15, 0.2) is 0 Å². The van der Waals surface area contributed by atoms with Gasteiger partial charge in [-0.25, -0.2) is 4.79 Å². The van der Waals surface area contributed by atoms with Gasteiger partial charge in [0.25, 0.3) is 0 Å². The van der Waals surface area contributed by atoms with Gasteiger partial charge in [-0.1, -0.05) is 117 Å². The van der Waals surface area contributed by atoms with Crippen LogP contribution in [0.1, 0.15) is 174 Å². The third kappa shape index (κ3) is 13.6. The number of ketones is 1. The summed E-state index contributed by atoms with van der Waals surface area (Å²) in [5.41, 5.74) is 5.30. The molecule has 4 saturated carbocycles. The first-order valence-corrected chi connectivity index (χ1v) is 20.9. The van der Waals surface area contributed by atoms with Gasteiger partial charge in [-0.2, -0.15) is 0 Å². The van der Waals surface area contributed by atoms with Crippen molar-refractivity contribution in [1.82, 2.24) is 16.0 Å². The zero-order valence-corrected chi connectivity index (χ0v) is 31.1. The Hall–Kier alpha value is -1.63. The van der Waals surface area contributed by atoms with Crippen molar-refractivity contribution in [1.29, 1.82) is 0 Å². The molecule has 7 nitrogen and oxygen atoms in total. The summed E-state index contributed by atoms with van der Waals surface area (Å²) in [6.07, 6.45) is 31.6. The molecule has 6 atom stereocenters. The maximum absolute atomic E-state index is 14.0. The van der Waals surface area contributed by atoms with Gasteiger partial charge in [0.15, 0.2) is 5.78 Å². The molecule has 0 aliphatic heterocycles. The van der Waals surface area contributed by atoms with Gasteiger partial charge >= 0.3 is 6.03 Å². The Morgan fingerprint density at radius 3 is 1.90 bits per heavy atom. The number of urea groups is 1. The summed E-state index contributed by atoms with van der Waals surface area (Å²) in [7, 11) is 0. The molecular formula is C41H74N4O3. The van der Waals surface area contributed by atoms with E-state index in [9.17, 15) is 14.4 Å². The molecule has 0 aromatic rings. The number of primary amides is 1. The van der Waals surface area contributed by atoms with Crippen LogP contribution in [0, 0.1) is 41.4 Å². The quantitative estimate of drug-likeness (QED) is 0.130. The maximum atomic E-state index is 14.0. The molecule has 4 unspecified atom stereocenters. The van der Waals surface area contributed by atoms with Gasteiger partial charge in [0, 0.05) is 12.5 Å². The molecule has 0 saturated heterocycles. The van der Waals surface area contributed by atoms with Crippen molar-refractivity contribution in [3.8, 4) is 0 Å². The van der Waals surface area contributed by atoms with Gasteiger partial charge in [0.1, 0.15) is 0 Å². The van der Waals surface area contributed by atoms with Crippen molar-refractivity contribution in [3.63, 3.8) is 0 Å². The molecule has 48 heavy (non-hydrogen) atoms. The van der Waals surface area contributed by atoms with Gasteiger partial charge < -0.3 is 21.7 Å². The van der Waals surface area contributed by atoms with E-state index in [1.807, 2.05) is 0 Å². The summed E-state index contributed by atoms with van der Waals surface area (Å²) < 4.78 is 0. The van der Waals surface area contributed by atoms with Crippen LogP contribution in [-0.2, 0) is 9.59 Å². The Morgan fingerprint density at radius 1 is 0.667 bits per heavy atom. The van der Waals surface area contributed by atoms with Gasteiger partial charge in [-0.05, 0) is 99.8 Å². The fourth-order valence-corrected chi connectivity index (χ4v) is 10.1. The second-order valence-electron chi connectivity index (χ2n) is 17.1. The molecule has 0 heterocycles. The average molecular weight is 671 g/mol. The molecule has 0 spiro atoms. The van der Waals surface area contributed by atoms with Crippen LogP contribution in [0.5, 0.6) is 0 Å². The summed E-state index contributed by atoms with van der Waals surface area (Å²) in [4.78, 5) is 39.2. The third-order valence-electron chi connectivity index (χ3n) is 12.9. The molecule has 4 aliphatic rings. The van der Waals surface area contributed by atoms with Crippen LogP contribution in [0.4, 0.5) is 4.79 Å². The minimum Gasteiger partial charge on any atom is -0.352 e. The molecule has 276 valence electrons. The first-order chi connectivity index (χ1) is 23.3. The highest BCUT2D eigenvalue weighted by molar-refractivity contribution is 5.92. The van der Waals surface area contributed by atoms with Crippen LogP contribution >= 0.6 is 0 Å². The number of nitrogens with one attached hydrogen (secondary N) is 3. The van der Waals surface area contributed by atoms with Crippen molar-refractivity contribution in [2.45, 2.75) is 186 Å². The lowest BCUT2D eigenvalue weighted by molar-refractivity contribution is -0.131. The topological polar surface area (TPSA) is 113 Å². The predicted octanol–water partition coefficient (Wildman–Crippen LogP) is 8.83. The molecule has 5 N–H and O–H groups in total. The van der Waals surface area contributed by atoms with Gasteiger partial charge in [-0.3, -0.25) is 9.59 Å². The number of hydrogen-bond acceptors (Lipinski definition) is 4. The normalized spacial score (nSPS) is 28.3. The largest absolute Gasteiger partial charge is 0.352 e. The van der Waals surface area contributed by atoms with Crippen molar-refractivity contribution < 1.29 is 14.4 Å². The zero-order valence-electron chi connectivity index (χ0n) is 31.1. The van der Waals surface area contributed by atoms with E-state index in [-0.39, 0.29) is 29.6 Å². The average Bonchev–Trinajstić information content (AvgIpc) is 3.72. The third-order valence-corrected chi connectivity index (χ3v) is 12.9. The summed E-state index contributed by atoms with van der Waals surface area (Å²) in [6, 6.07) is -1.37. The van der Waals surface area contributed by atoms with Crippen LogP contribution in [0.2, 0.25) is 0 Å². The standard InChI is InChI=1S/C41H74N4O3/c1-30(2)38(44-29-33-22-23-35(28-33)34-18-13-9-4-3-5-10-14-19-34)40(47)45-37(20-15-25-43-41(42)48)39(46)36-24-21-32(27-36)26-31-16-11-7-6-8-12-17-31/h30-38,44H,3-29H2,1-2H3,(H,45,47)(H3,42,43,48)/t32?,33?,35?,36?,37-,38-/m1/s1. The lowest BCUT2D eigenvalue weighted by Crippen LogP contribution is -2.53. The van der Waals surface area contributed by atoms with E-state index in [0.29, 0.717) is 31.2 Å². The molecule has 7 heteroatoms. The van der Waals surface area contributed by atoms with Crippen molar-refractivity contribution >= 4 is 17.7 Å². The minimum absolute atomic E-state index is 0.0285. The number of hydrogen-bond donors (Lipinski definition) is 4. The van der Waals surface area contributed by atoms with E-state index < -0.39 is 12.1 Å². The van der Waals surface area contributed by atoms with Crippen LogP contribution in [0.3, 0.4) is 0 Å². The van der Waals surface area contributed by atoms with Crippen LogP contribution in [-0.4, -0.2) is 42.9 Å². The molecular weight excluding hydrogens is 596 g/mol. The Bertz CT molecular complexity index is 938. The van der Waals surface area contributed by atoms with Crippen molar-refractivity contribution in [2.24, 2.45) is 47.2 Å². The van der Waals surface area contributed by atoms with Crippen LogP contribution < -0.4 is 21.7 Å². The maximum Gasteiger partial charge on any atom is 0.312 e. The Morgan fingerprint density at radius 2 is 1.27 bits per heavy atom. The number of Topliss-reactive ketones (excluding diaryl/α,β-unsaturated/α-hetero) is 1. The van der Waals surface area contributed by atoms with E-state index in [0.717, 1.165) is 43.6 Å². The molecule has 0 radical (unpaired) electrons. The summed E-state index contributed by atoms with van der Waals surface area (Å²) in [6.45, 7) is 5.52. The number of carbonyl (C=O) groups is 3. The van der Waals surface area contributed by atoms with E-state index in [1.54, 1.807) is 0 Å². The fourth-order valence-electron chi connectivity index (χ4n) is 10.1. The molecule has 4 aliphatic carbocycles. The lowest BCUT2D eigenvalue weighted by atomic mass is 9.81. The second kappa shape index (κ2) is 21.6. The number of carbonyl (C=O) groups excluding carboxylic acids is 3. The molecule has 0 aromatic carbocycles. The van der Waals surface area contributed by atoms with Gasteiger partial charge in [0.05, 0.1) is 12.1 Å². The molecule has 4 rings (SSSR count). The smallest absolute Gasteiger partial charge is 0.312 e. The Kier molecular flexibility index (Phi) is 17.6. The van der Waals surface area contributed by atoms with E-state index in [2.05, 4.69) is 29.8 Å². The number of nitrogens with two attached hydrogens (primary N) is 1. The fraction of sp³-hybridized carbons (Fsp3) is 0.927. The first-order valence-electron chi connectivity index (χ1n) is 20.9. The molecule has 4 fully saturated rings. The number of amides is 3. The van der Waals surface area contributed by atoms with Gasteiger partial charge in [-0.15, -0.1) is 0 Å². The Labute approximate surface area is 294 Å². The van der Waals surface area contributed by atoms with Crippen LogP contribution in [0.25, 0.3) is 0 Å². The predicted molar refractivity (Wildman–Crippen MR) is 198 cm³/mol. The second-order valence-corrected chi connectivity index (χ2v) is 17.1. The summed E-state index contributed by atoms with van der Waals surface area (Å²) in [5.74, 6) is 4.14. The zero-order chi connectivity index (χ0) is 34.1. The van der Waals surface area contributed by atoms with Crippen molar-refractivity contribution in [3.05, 3.63) is 0 Å². The summed E-state index contributed by atoms with van der Waals surface area (Å²) in [5, 5.41) is 9.58. The van der Waals surface area contributed by atoms with Crippen molar-refractivity contribution in [2.75, 3.05) is 13.1 Å². The highest BCUT2D eigenvalue weighted by atomic mass is 16.2. The monoisotopic (exact) mass is 671 g/mol. The number of rotatable bonds is 15. The van der Waals surface area contributed by atoms with Gasteiger partial charge in [0.2, 0.25) is 5.91 Å². The SMILES string of the molecule is CC(C)[C@@H](NCC1CCC(C2CCCCCCCCC2)C1)C(=O)N[C@H](CCCNC(N)=O)C(=O)C1CCC(CC2CCCCCCC2)C1. The first kappa shape index (κ1) is 39.2. The van der Waals surface area contributed by atoms with E-state index in [1.165, 1.54) is 128 Å². The summed E-state index contributed by atoms with van der Waals surface area (Å²) >= 11 is 0. The van der Waals surface area contributed by atoms with E-state index in [4.69, 9.17) is 5.73 Å². The Balaban J connectivity index is 1.29. The highest BCUT2D eigenvalue weighted by Crippen LogP contribution is 2.41.